The van der Waals surface area contributed by atoms with Gasteiger partial charge < -0.3 is 53.1 Å². The Labute approximate surface area is 560 Å². The molecule has 1 N–H and O–H groups in total. The van der Waals surface area contributed by atoms with Crippen LogP contribution in [0.5, 0.6) is 34.5 Å². The van der Waals surface area contributed by atoms with Crippen LogP contribution >= 0.6 is 0 Å². The highest BCUT2D eigenvalue weighted by Gasteiger charge is 2.34. The first kappa shape index (κ1) is 67.7. The smallest absolute Gasteiger partial charge is 0.416 e. The molecule has 3 aromatic heterocycles. The number of aromatic nitrogens is 3. The summed E-state index contributed by atoms with van der Waals surface area (Å²) in [6, 6.07) is 30.5. The highest BCUT2D eigenvalue weighted by Crippen LogP contribution is 2.42. The number of alkyl halides is 3. The van der Waals surface area contributed by atoms with Crippen molar-refractivity contribution in [3.8, 4) is 34.5 Å². The van der Waals surface area contributed by atoms with E-state index in [4.69, 9.17) is 38.3 Å². The van der Waals surface area contributed by atoms with E-state index in [1.165, 1.54) is 44.0 Å². The number of nitrogens with zero attached hydrogens (tertiary/aromatic N) is 7. The second-order valence-corrected chi connectivity index (χ2v) is 29.4. The van der Waals surface area contributed by atoms with Crippen molar-refractivity contribution >= 4 is 91.7 Å². The number of fused-ring (bicyclic) bond motifs is 6. The van der Waals surface area contributed by atoms with Crippen LogP contribution in [0.1, 0.15) is 41.5 Å². The molecule has 21 nitrogen and oxygen atoms in total. The third-order valence-corrected chi connectivity index (χ3v) is 22.8. The van der Waals surface area contributed by atoms with Crippen LogP contribution in [0.3, 0.4) is 0 Å². The van der Waals surface area contributed by atoms with E-state index in [1.807, 2.05) is 62.6 Å². The van der Waals surface area contributed by atoms with Crippen LogP contribution in [-0.4, -0.2) is 178 Å². The molecule has 0 aliphatic carbocycles. The van der Waals surface area contributed by atoms with Gasteiger partial charge in [0.1, 0.15) is 44.5 Å². The number of halogens is 3. The highest BCUT2D eigenvalue weighted by molar-refractivity contribution is 7.90. The number of para-hydroxylation sites is 1. The molecule has 97 heavy (non-hydrogen) atoms. The van der Waals surface area contributed by atoms with Gasteiger partial charge in [0.2, 0.25) is 0 Å². The monoisotopic (exact) mass is 1390 g/mol. The molecule has 0 atom stereocenters. The summed E-state index contributed by atoms with van der Waals surface area (Å²) in [6.45, 7) is 7.57. The minimum absolute atomic E-state index is 0.0348. The van der Waals surface area contributed by atoms with Crippen LogP contribution in [0.15, 0.2) is 167 Å². The lowest BCUT2D eigenvalue weighted by molar-refractivity contribution is -0.137. The Morgan fingerprint density at radius 1 is 0.464 bits per heavy atom. The normalized spacial score (nSPS) is 16.8. The van der Waals surface area contributed by atoms with E-state index in [2.05, 4.69) is 45.8 Å². The molecule has 0 bridgehead atoms. The predicted octanol–water partition coefficient (Wildman–Crippen LogP) is 10.9. The van der Waals surface area contributed by atoms with Crippen LogP contribution in [0, 0.1) is 0 Å². The van der Waals surface area contributed by atoms with Crippen molar-refractivity contribution in [2.24, 2.45) is 0 Å². The van der Waals surface area contributed by atoms with Crippen LogP contribution in [-0.2, 0) is 41.0 Å². The number of carboxylic acid groups (broad SMARTS) is 1. The molecule has 0 amide bonds. The van der Waals surface area contributed by atoms with E-state index in [-0.39, 0.29) is 32.1 Å². The van der Waals surface area contributed by atoms with Gasteiger partial charge in [-0.1, -0.05) is 36.4 Å². The van der Waals surface area contributed by atoms with Gasteiger partial charge in [-0.2, -0.15) is 13.2 Å². The number of hydrogen-bond donors (Lipinski definition) is 1. The first-order chi connectivity index (χ1) is 46.5. The summed E-state index contributed by atoms with van der Waals surface area (Å²) in [4.78, 5) is 17.4. The summed E-state index contributed by atoms with van der Waals surface area (Å²) in [5.41, 5.74) is 7.16. The third-order valence-electron chi connectivity index (χ3n) is 17.8. The first-order valence-corrected chi connectivity index (χ1v) is 35.6. The van der Waals surface area contributed by atoms with Crippen LogP contribution in [0.25, 0.3) is 49.4 Å². The fraction of sp³-hybridized carbons (Fsp3) is 0.300. The summed E-state index contributed by atoms with van der Waals surface area (Å²) in [5.74, 6) is 3.10. The zero-order valence-electron chi connectivity index (χ0n) is 53.9. The van der Waals surface area contributed by atoms with Crippen molar-refractivity contribution in [3.05, 3.63) is 174 Å². The standard InChI is InChI=1S/C24H27N3O4S.C23H21F3N2O4S.C22H22N2O4S.CH2O2/c1-25-10-8-17(9-11-25)21-16-27(22-6-4-18(30-3)14-20(21)22)32(28,29)19-5-7-23-24(15-19)31-13-12-26(23)2;1-27-8-6-15(7-9-27)19-14-28(20-4-2-16(12-18(19)20)23(24,25)26)33(29,30)17-3-5-21-22(13-17)32-11-10-31-21;1-23-10-8-16(9-11-23)19-15-24(20-5-3-2-4-18(19)20)29(25,26)17-6-7-21-22(14-17)28-13-12-27-21;2-1-3/h4-8,14-16H,9-13H2,1-3H3;2-6,12-14H,7-11H2,1H3;2-8,14-15H,9-13H2,1H3;1H,(H,2,3). The number of rotatable bonds is 10. The fourth-order valence-electron chi connectivity index (χ4n) is 12.5. The van der Waals surface area contributed by atoms with Crippen LogP contribution in [0.2, 0.25) is 0 Å². The Balaban J connectivity index is 0.000000136. The topological polar surface area (TPSA) is 223 Å². The fourth-order valence-corrected chi connectivity index (χ4v) is 16.6. The van der Waals surface area contributed by atoms with Gasteiger partial charge in [-0.3, -0.25) is 4.79 Å². The van der Waals surface area contributed by atoms with Crippen molar-refractivity contribution in [2.45, 2.75) is 40.1 Å². The summed E-state index contributed by atoms with van der Waals surface area (Å²) in [6.07, 6.45) is 9.06. The Morgan fingerprint density at radius 2 is 0.866 bits per heavy atom. The predicted molar refractivity (Wildman–Crippen MR) is 364 cm³/mol. The van der Waals surface area contributed by atoms with Gasteiger partial charge in [0.25, 0.3) is 36.5 Å². The van der Waals surface area contributed by atoms with Gasteiger partial charge in [-0.05, 0) is 136 Å². The maximum atomic E-state index is 13.8. The van der Waals surface area contributed by atoms with Gasteiger partial charge in [0.05, 0.1) is 56.1 Å². The quantitative estimate of drug-likeness (QED) is 0.126. The molecule has 0 spiro atoms. The molecule has 0 unspecified atom stereocenters. The third kappa shape index (κ3) is 13.8. The number of likely N-dealkylation sites (N-methyl/N-ethyl adjacent to an activating group) is 4. The molecule has 0 fully saturated rings. The van der Waals surface area contributed by atoms with Crippen molar-refractivity contribution in [3.63, 3.8) is 0 Å². The van der Waals surface area contributed by atoms with E-state index in [0.29, 0.717) is 97.1 Å². The van der Waals surface area contributed by atoms with Crippen molar-refractivity contribution in [2.75, 3.05) is 119 Å². The van der Waals surface area contributed by atoms with E-state index < -0.39 is 41.8 Å². The number of benzene rings is 6. The maximum Gasteiger partial charge on any atom is 0.416 e. The summed E-state index contributed by atoms with van der Waals surface area (Å²) in [7, 11) is -2.01. The van der Waals surface area contributed by atoms with Gasteiger partial charge in [-0.15, -0.1) is 0 Å². The minimum Gasteiger partial charge on any atom is -0.497 e. The van der Waals surface area contributed by atoms with Gasteiger partial charge in [-0.25, -0.2) is 37.2 Å². The maximum absolute atomic E-state index is 13.8. The Kier molecular flexibility index (Phi) is 19.3. The van der Waals surface area contributed by atoms with Crippen molar-refractivity contribution in [1.29, 1.82) is 0 Å². The molecule has 6 aliphatic rings. The molecule has 0 saturated heterocycles. The molecule has 9 heterocycles. The second kappa shape index (κ2) is 27.7. The number of anilines is 1. The molecular weight excluding hydrogens is 1320 g/mol. The zero-order chi connectivity index (χ0) is 68.6. The Hall–Kier alpha value is -9.25. The number of ether oxygens (including phenoxy) is 6. The van der Waals surface area contributed by atoms with Gasteiger partial charge in [0, 0.05) is 116 Å². The first-order valence-electron chi connectivity index (χ1n) is 31.3. The summed E-state index contributed by atoms with van der Waals surface area (Å²) in [5, 5.41) is 8.96. The van der Waals surface area contributed by atoms with E-state index in [0.717, 1.165) is 107 Å². The second-order valence-electron chi connectivity index (χ2n) is 24.0. The molecule has 27 heteroatoms. The lowest BCUT2D eigenvalue weighted by atomic mass is 9.98. The van der Waals surface area contributed by atoms with Crippen molar-refractivity contribution in [1.82, 2.24) is 26.6 Å². The molecule has 6 aliphatic heterocycles. The van der Waals surface area contributed by atoms with Gasteiger partial charge >= 0.3 is 6.18 Å². The van der Waals surface area contributed by atoms with Crippen LogP contribution in [0.4, 0.5) is 18.9 Å². The number of carbonyl (C=O) groups is 1. The molecule has 510 valence electrons. The largest absolute Gasteiger partial charge is 0.497 e. The van der Waals surface area contributed by atoms with Crippen molar-refractivity contribution < 1.29 is 76.7 Å². The Bertz CT molecular complexity index is 4960. The SMILES string of the molecule is CN1CC=C(c2cn(S(=O)(=O)c3ccc4c(c3)OCCO4)c3ccc(C(F)(F)F)cc23)CC1.CN1CC=C(c2cn(S(=O)(=O)c3ccc4c(c3)OCCO4)c3ccccc23)CC1.COc1ccc2c(c1)c(C1=CCN(C)CC1)cn2S(=O)(=O)c1ccc2c(c1)OCCN2C.O=CO. The average molecular weight is 1390 g/mol. The minimum atomic E-state index is -4.54. The number of methoxy groups -OCH3 is 1. The van der Waals surface area contributed by atoms with E-state index >= 15 is 0 Å². The summed E-state index contributed by atoms with van der Waals surface area (Å²) < 4.78 is 159. The Morgan fingerprint density at radius 3 is 1.32 bits per heavy atom. The lowest BCUT2D eigenvalue weighted by Gasteiger charge is -2.27. The lowest BCUT2D eigenvalue weighted by Crippen LogP contribution is -2.29. The average Bonchev–Trinajstić information content (AvgIpc) is 1.63. The highest BCUT2D eigenvalue weighted by atomic mass is 32.2. The summed E-state index contributed by atoms with van der Waals surface area (Å²) >= 11 is 0. The molecule has 9 aromatic rings. The van der Waals surface area contributed by atoms with E-state index in [9.17, 15) is 38.4 Å². The molecule has 15 rings (SSSR count). The zero-order valence-corrected chi connectivity index (χ0v) is 56.3. The number of hydrogen-bond acceptors (Lipinski definition) is 17. The molecule has 6 aromatic carbocycles. The molecule has 0 saturated carbocycles. The molecule has 0 radical (unpaired) electrons. The van der Waals surface area contributed by atoms with Gasteiger partial charge in [0.15, 0.2) is 23.0 Å². The van der Waals surface area contributed by atoms with Crippen LogP contribution < -0.4 is 33.3 Å². The van der Waals surface area contributed by atoms with E-state index in [1.54, 1.807) is 55.9 Å². The molecular formula is C70H72F3N7O14S3.